The monoisotopic (exact) mass is 765 g/mol. The molecule has 0 aliphatic heterocycles. The van der Waals surface area contributed by atoms with Gasteiger partial charge in [-0.3, -0.25) is 0 Å². The Morgan fingerprint density at radius 2 is 0.982 bits per heavy atom. The summed E-state index contributed by atoms with van der Waals surface area (Å²) in [4.78, 5) is 26.0. The number of nitrogens with zero attached hydrogens (tertiary/aromatic N) is 5. The van der Waals surface area contributed by atoms with Gasteiger partial charge in [0, 0.05) is 68.8 Å². The van der Waals surface area contributed by atoms with Gasteiger partial charge in [-0.15, -0.1) is 22.7 Å². The molecule has 5 aromatic heterocycles. The normalized spacial score (nSPS) is 11.9. The summed E-state index contributed by atoms with van der Waals surface area (Å²) >= 11 is 3.51. The summed E-state index contributed by atoms with van der Waals surface area (Å²) in [7, 11) is 0. The van der Waals surface area contributed by atoms with Crippen LogP contribution in [-0.2, 0) is 0 Å². The van der Waals surface area contributed by atoms with Gasteiger partial charge in [0.1, 0.15) is 11.2 Å². The first kappa shape index (κ1) is 32.1. The van der Waals surface area contributed by atoms with Gasteiger partial charge < -0.3 is 4.42 Å². The number of thiophene rings is 2. The zero-order valence-electron chi connectivity index (χ0n) is 30.0. The van der Waals surface area contributed by atoms with E-state index in [-0.39, 0.29) is 0 Å². The number of rotatable bonds is 5. The second kappa shape index (κ2) is 12.7. The van der Waals surface area contributed by atoms with Gasteiger partial charge in [-0.2, -0.15) is 0 Å². The van der Waals surface area contributed by atoms with Gasteiger partial charge in [0.2, 0.25) is 0 Å². The maximum atomic E-state index is 6.16. The van der Waals surface area contributed by atoms with E-state index in [0.717, 1.165) is 86.5 Å². The molecule has 6 nitrogen and oxygen atoms in total. The SMILES string of the molecule is c1ccc(-c2nc(-c3ccc4oc5ccccc5c4c3)nc(-c3cccc4sc5ccc(-c6nc(-c7ccccc7)c7sc8ccccc8c7n6)cc5c34)n2)cc1. The van der Waals surface area contributed by atoms with Crippen molar-refractivity contribution in [2.75, 3.05) is 0 Å². The van der Waals surface area contributed by atoms with Crippen LogP contribution in [0.15, 0.2) is 168 Å². The van der Waals surface area contributed by atoms with E-state index < -0.39 is 0 Å². The van der Waals surface area contributed by atoms with Gasteiger partial charge in [-0.25, -0.2) is 24.9 Å². The molecule has 0 saturated heterocycles. The summed E-state index contributed by atoms with van der Waals surface area (Å²) < 4.78 is 10.8. The quantitative estimate of drug-likeness (QED) is 0.174. The number of hydrogen-bond acceptors (Lipinski definition) is 8. The van der Waals surface area contributed by atoms with E-state index in [9.17, 15) is 0 Å². The van der Waals surface area contributed by atoms with Crippen molar-refractivity contribution in [1.29, 1.82) is 0 Å². The first-order chi connectivity index (χ1) is 28.2. The number of hydrogen-bond donors (Lipinski definition) is 0. The van der Waals surface area contributed by atoms with Crippen LogP contribution in [0.3, 0.4) is 0 Å². The fraction of sp³-hybridized carbons (Fsp3) is 0. The van der Waals surface area contributed by atoms with Crippen LogP contribution in [0.1, 0.15) is 0 Å². The Bertz CT molecular complexity index is 3540. The topological polar surface area (TPSA) is 77.6 Å². The van der Waals surface area contributed by atoms with Crippen molar-refractivity contribution < 1.29 is 4.42 Å². The summed E-state index contributed by atoms with van der Waals surface area (Å²) in [6.45, 7) is 0. The lowest BCUT2D eigenvalue weighted by Gasteiger charge is -2.10. The average Bonchev–Trinajstić information content (AvgIpc) is 3.97. The predicted octanol–water partition coefficient (Wildman–Crippen LogP) is 13.6. The molecule has 8 heteroatoms. The molecule has 0 atom stereocenters. The van der Waals surface area contributed by atoms with E-state index in [0.29, 0.717) is 23.3 Å². The van der Waals surface area contributed by atoms with Crippen molar-refractivity contribution in [3.05, 3.63) is 164 Å². The van der Waals surface area contributed by atoms with Gasteiger partial charge in [-0.05, 0) is 54.6 Å². The van der Waals surface area contributed by atoms with Crippen LogP contribution in [0.4, 0.5) is 0 Å². The van der Waals surface area contributed by atoms with Gasteiger partial charge in [0.25, 0.3) is 0 Å². The molecule has 0 amide bonds. The van der Waals surface area contributed by atoms with Gasteiger partial charge in [-0.1, -0.05) is 109 Å². The molecular weight excluding hydrogens is 739 g/mol. The predicted molar refractivity (Wildman–Crippen MR) is 236 cm³/mol. The van der Waals surface area contributed by atoms with Crippen LogP contribution < -0.4 is 0 Å². The third-order valence-electron chi connectivity index (χ3n) is 10.6. The molecule has 7 aromatic carbocycles. The first-order valence-corrected chi connectivity index (χ1v) is 20.3. The van der Waals surface area contributed by atoms with Crippen LogP contribution >= 0.6 is 22.7 Å². The van der Waals surface area contributed by atoms with Crippen LogP contribution in [0.25, 0.3) is 119 Å². The van der Waals surface area contributed by atoms with Crippen molar-refractivity contribution >= 4 is 85.1 Å². The first-order valence-electron chi connectivity index (χ1n) is 18.7. The molecule has 12 rings (SSSR count). The highest BCUT2D eigenvalue weighted by Gasteiger charge is 2.20. The van der Waals surface area contributed by atoms with Crippen molar-refractivity contribution in [2.45, 2.75) is 0 Å². The summed E-state index contributed by atoms with van der Waals surface area (Å²) in [6.07, 6.45) is 0. The van der Waals surface area contributed by atoms with Gasteiger partial charge in [0.05, 0.1) is 15.9 Å². The number of furan rings is 1. The number of benzene rings is 7. The van der Waals surface area contributed by atoms with Crippen molar-refractivity contribution in [2.24, 2.45) is 0 Å². The molecule has 0 saturated carbocycles. The van der Waals surface area contributed by atoms with E-state index in [1.165, 1.54) is 9.40 Å². The van der Waals surface area contributed by atoms with Crippen LogP contribution in [0.5, 0.6) is 0 Å². The second-order valence-electron chi connectivity index (χ2n) is 14.0. The average molecular weight is 766 g/mol. The lowest BCUT2D eigenvalue weighted by molar-refractivity contribution is 0.669. The lowest BCUT2D eigenvalue weighted by Crippen LogP contribution is -2.00. The summed E-state index contributed by atoms with van der Waals surface area (Å²) in [5.74, 6) is 2.52. The third-order valence-corrected chi connectivity index (χ3v) is 12.9. The minimum Gasteiger partial charge on any atom is -0.456 e. The molecule has 5 heterocycles. The van der Waals surface area contributed by atoms with E-state index in [1.54, 1.807) is 22.7 Å². The molecule has 0 aliphatic rings. The molecule has 0 aliphatic carbocycles. The van der Waals surface area contributed by atoms with E-state index in [1.807, 2.05) is 66.7 Å². The number of aromatic nitrogens is 5. The molecule has 57 heavy (non-hydrogen) atoms. The minimum atomic E-state index is 0.599. The fourth-order valence-corrected chi connectivity index (χ4v) is 10.1. The highest BCUT2D eigenvalue weighted by Crippen LogP contribution is 2.43. The molecule has 12 aromatic rings. The van der Waals surface area contributed by atoms with Crippen LogP contribution in [-0.4, -0.2) is 24.9 Å². The molecule has 0 bridgehead atoms. The molecule has 0 radical (unpaired) electrons. The molecule has 0 N–H and O–H groups in total. The lowest BCUT2D eigenvalue weighted by atomic mass is 10.0. The van der Waals surface area contributed by atoms with Crippen LogP contribution in [0.2, 0.25) is 0 Å². The largest absolute Gasteiger partial charge is 0.456 e. The highest BCUT2D eigenvalue weighted by atomic mass is 32.1. The third kappa shape index (κ3) is 5.26. The second-order valence-corrected chi connectivity index (χ2v) is 16.1. The maximum absolute atomic E-state index is 6.16. The Hall–Kier alpha value is -7.13. The zero-order valence-corrected chi connectivity index (χ0v) is 31.7. The highest BCUT2D eigenvalue weighted by molar-refractivity contribution is 7.26. The van der Waals surface area contributed by atoms with Gasteiger partial charge >= 0.3 is 0 Å². The molecule has 0 spiro atoms. The van der Waals surface area contributed by atoms with Gasteiger partial charge in [0.15, 0.2) is 23.3 Å². The smallest absolute Gasteiger partial charge is 0.164 e. The Morgan fingerprint density at radius 1 is 0.368 bits per heavy atom. The van der Waals surface area contributed by atoms with Crippen molar-refractivity contribution in [3.8, 4) is 56.8 Å². The van der Waals surface area contributed by atoms with Crippen molar-refractivity contribution in [1.82, 2.24) is 24.9 Å². The van der Waals surface area contributed by atoms with E-state index in [2.05, 4.69) is 97.1 Å². The Morgan fingerprint density at radius 3 is 1.82 bits per heavy atom. The zero-order chi connectivity index (χ0) is 37.5. The Kier molecular flexibility index (Phi) is 7.17. The molecular formula is C49H27N5OS2. The summed E-state index contributed by atoms with van der Waals surface area (Å²) in [5, 5.41) is 5.43. The van der Waals surface area contributed by atoms with E-state index >= 15 is 0 Å². The molecule has 0 unspecified atom stereocenters. The Labute approximate surface area is 333 Å². The van der Waals surface area contributed by atoms with Crippen LogP contribution in [0, 0.1) is 0 Å². The fourth-order valence-electron chi connectivity index (χ4n) is 7.87. The number of para-hydroxylation sites is 1. The maximum Gasteiger partial charge on any atom is 0.164 e. The molecule has 266 valence electrons. The summed E-state index contributed by atoms with van der Waals surface area (Å²) in [6, 6.07) is 56.2. The number of fused-ring (bicyclic) bond motifs is 9. The summed E-state index contributed by atoms with van der Waals surface area (Å²) in [5.41, 5.74) is 8.38. The standard InChI is InChI=1S/C49H27N5OS2/c1-3-12-28(13-4-1)43-45-44(33-17-8-10-20-39(33)57-45)51-47(50-43)31-23-25-40-36(27-31)42-34(18-11-21-41(42)56-40)49-53-46(29-14-5-2-6-15-29)52-48(54-49)30-22-24-38-35(26-30)32-16-7-9-19-37(32)55-38/h1-27H. The Balaban J connectivity index is 1.07. The van der Waals surface area contributed by atoms with Crippen molar-refractivity contribution in [3.63, 3.8) is 0 Å². The minimum absolute atomic E-state index is 0.599. The van der Waals surface area contributed by atoms with E-state index in [4.69, 9.17) is 29.3 Å². The molecule has 0 fully saturated rings.